The minimum Gasteiger partial charge on any atom is -0.485 e. The topological polar surface area (TPSA) is 41.5 Å². The lowest BCUT2D eigenvalue weighted by Crippen LogP contribution is -2.36. The first kappa shape index (κ1) is 22.6. The number of aliphatic hydroxyl groups excluding tert-OH is 1. The molecule has 0 aliphatic heterocycles. The zero-order chi connectivity index (χ0) is 18.5. The van der Waals surface area contributed by atoms with Crippen LogP contribution in [0, 0.1) is 17.6 Å². The average Bonchev–Trinajstić information content (AvgIpc) is 3.28. The van der Waals surface area contributed by atoms with Gasteiger partial charge in [-0.15, -0.1) is 23.7 Å². The Morgan fingerprint density at radius 2 is 1.93 bits per heavy atom. The van der Waals surface area contributed by atoms with Gasteiger partial charge in [-0.2, -0.15) is 0 Å². The Balaban J connectivity index is 0.00000261. The standard InChI is InChI=1S/C19H22BrF2NO2S.ClH/c20-13-8-15(21)19(16(22)9-13)25-11-14(24)10-23-18(12-4-1-2-5-12)17-6-3-7-26-17;/h3,6-9,12,14,18,23-24H,1-2,4-5,10-11H2;1H. The van der Waals surface area contributed by atoms with E-state index in [0.29, 0.717) is 16.9 Å². The molecule has 0 saturated heterocycles. The molecule has 0 amide bonds. The third-order valence-electron chi connectivity index (χ3n) is 4.68. The molecule has 2 aromatic rings. The van der Waals surface area contributed by atoms with E-state index in [9.17, 15) is 13.9 Å². The molecule has 1 aromatic carbocycles. The van der Waals surface area contributed by atoms with E-state index in [1.54, 1.807) is 11.3 Å². The van der Waals surface area contributed by atoms with Crippen LogP contribution < -0.4 is 10.1 Å². The van der Waals surface area contributed by atoms with Crippen molar-refractivity contribution in [3.8, 4) is 5.75 Å². The highest BCUT2D eigenvalue weighted by Gasteiger charge is 2.27. The Kier molecular flexibility index (Phi) is 8.95. The van der Waals surface area contributed by atoms with Crippen molar-refractivity contribution in [2.75, 3.05) is 13.2 Å². The number of rotatable bonds is 8. The van der Waals surface area contributed by atoms with Crippen LogP contribution >= 0.6 is 39.7 Å². The lowest BCUT2D eigenvalue weighted by Gasteiger charge is -2.25. The predicted octanol–water partition coefficient (Wildman–Crippen LogP) is 5.47. The highest BCUT2D eigenvalue weighted by atomic mass is 79.9. The number of hydrogen-bond acceptors (Lipinski definition) is 4. The molecule has 1 aliphatic rings. The lowest BCUT2D eigenvalue weighted by molar-refractivity contribution is 0.0965. The Hall–Kier alpha value is -0.730. The van der Waals surface area contributed by atoms with E-state index in [1.165, 1.54) is 30.6 Å². The summed E-state index contributed by atoms with van der Waals surface area (Å²) in [5.74, 6) is -1.49. The van der Waals surface area contributed by atoms with Crippen LogP contribution in [-0.2, 0) is 0 Å². The molecule has 0 spiro atoms. The summed E-state index contributed by atoms with van der Waals surface area (Å²) in [7, 11) is 0. The van der Waals surface area contributed by atoms with Gasteiger partial charge in [0.05, 0.1) is 0 Å². The first-order valence-electron chi connectivity index (χ1n) is 8.77. The summed E-state index contributed by atoms with van der Waals surface area (Å²) in [6.07, 6.45) is 3.97. The molecule has 0 bridgehead atoms. The molecule has 1 aliphatic carbocycles. The molecule has 150 valence electrons. The van der Waals surface area contributed by atoms with Crippen molar-refractivity contribution in [1.82, 2.24) is 5.32 Å². The maximum atomic E-state index is 13.8. The quantitative estimate of drug-likeness (QED) is 0.524. The maximum absolute atomic E-state index is 13.8. The molecule has 1 saturated carbocycles. The first-order valence-corrected chi connectivity index (χ1v) is 10.4. The summed E-state index contributed by atoms with van der Waals surface area (Å²) in [5, 5.41) is 15.7. The smallest absolute Gasteiger partial charge is 0.190 e. The van der Waals surface area contributed by atoms with E-state index in [-0.39, 0.29) is 25.1 Å². The molecular weight excluding hydrogens is 460 g/mol. The number of hydrogen-bond donors (Lipinski definition) is 2. The molecule has 2 atom stereocenters. The predicted molar refractivity (Wildman–Crippen MR) is 110 cm³/mol. The fraction of sp³-hybridized carbons (Fsp3) is 0.474. The Morgan fingerprint density at radius 3 is 2.52 bits per heavy atom. The second kappa shape index (κ2) is 10.7. The fourth-order valence-electron chi connectivity index (χ4n) is 3.43. The molecule has 1 fully saturated rings. The van der Waals surface area contributed by atoms with Crippen LogP contribution in [0.5, 0.6) is 5.75 Å². The Bertz CT molecular complexity index is 691. The van der Waals surface area contributed by atoms with Gasteiger partial charge in [0.25, 0.3) is 0 Å². The van der Waals surface area contributed by atoms with E-state index in [4.69, 9.17) is 4.74 Å². The van der Waals surface area contributed by atoms with Gasteiger partial charge < -0.3 is 15.2 Å². The highest BCUT2D eigenvalue weighted by molar-refractivity contribution is 9.10. The third-order valence-corrected chi connectivity index (χ3v) is 6.09. The van der Waals surface area contributed by atoms with Gasteiger partial charge >= 0.3 is 0 Å². The van der Waals surface area contributed by atoms with Crippen LogP contribution in [-0.4, -0.2) is 24.4 Å². The fourth-order valence-corrected chi connectivity index (χ4v) is 4.72. The Labute approximate surface area is 176 Å². The van der Waals surface area contributed by atoms with Gasteiger partial charge in [0.1, 0.15) is 12.7 Å². The molecule has 0 radical (unpaired) electrons. The van der Waals surface area contributed by atoms with Crippen molar-refractivity contribution >= 4 is 39.7 Å². The molecule has 2 N–H and O–H groups in total. The summed E-state index contributed by atoms with van der Waals surface area (Å²) in [4.78, 5) is 1.26. The van der Waals surface area contributed by atoms with Gasteiger partial charge in [-0.25, -0.2) is 8.78 Å². The second-order valence-electron chi connectivity index (χ2n) is 6.61. The van der Waals surface area contributed by atoms with Gasteiger partial charge in [0, 0.05) is 21.9 Å². The minimum absolute atomic E-state index is 0. The van der Waals surface area contributed by atoms with Crippen LogP contribution in [0.4, 0.5) is 8.78 Å². The normalized spacial score (nSPS) is 16.7. The first-order chi connectivity index (χ1) is 12.5. The van der Waals surface area contributed by atoms with Crippen LogP contribution in [0.3, 0.4) is 0 Å². The summed E-state index contributed by atoms with van der Waals surface area (Å²) >= 11 is 4.73. The van der Waals surface area contributed by atoms with Crippen LogP contribution in [0.15, 0.2) is 34.1 Å². The van der Waals surface area contributed by atoms with Crippen molar-refractivity contribution in [1.29, 1.82) is 0 Å². The van der Waals surface area contributed by atoms with Crippen LogP contribution in [0.25, 0.3) is 0 Å². The molecule has 1 heterocycles. The van der Waals surface area contributed by atoms with Gasteiger partial charge in [-0.3, -0.25) is 0 Å². The molecule has 3 nitrogen and oxygen atoms in total. The summed E-state index contributed by atoms with van der Waals surface area (Å²) in [6.45, 7) is 0.128. The van der Waals surface area contributed by atoms with Crippen LogP contribution in [0.2, 0.25) is 0 Å². The number of benzene rings is 1. The van der Waals surface area contributed by atoms with Gasteiger partial charge in [0.2, 0.25) is 0 Å². The van der Waals surface area contributed by atoms with Gasteiger partial charge in [-0.05, 0) is 42.3 Å². The van der Waals surface area contributed by atoms with E-state index in [0.717, 1.165) is 12.1 Å². The van der Waals surface area contributed by atoms with Crippen molar-refractivity contribution in [3.05, 3.63) is 50.6 Å². The number of ether oxygens (including phenoxy) is 1. The minimum atomic E-state index is -0.860. The number of aliphatic hydroxyl groups is 1. The zero-order valence-electron chi connectivity index (χ0n) is 14.7. The molecule has 3 rings (SSSR count). The Morgan fingerprint density at radius 1 is 1.26 bits per heavy atom. The highest BCUT2D eigenvalue weighted by Crippen LogP contribution is 2.37. The summed E-state index contributed by atoms with van der Waals surface area (Å²) in [5.41, 5.74) is 0. The van der Waals surface area contributed by atoms with E-state index in [1.807, 2.05) is 6.07 Å². The van der Waals surface area contributed by atoms with E-state index >= 15 is 0 Å². The molecule has 2 unspecified atom stereocenters. The third kappa shape index (κ3) is 6.12. The number of halogens is 4. The molecule has 8 heteroatoms. The SMILES string of the molecule is Cl.OC(CNC(c1cccs1)C1CCCC1)COc1c(F)cc(Br)cc1F. The maximum Gasteiger partial charge on any atom is 0.190 e. The number of nitrogens with one attached hydrogen (secondary N) is 1. The van der Waals surface area contributed by atoms with Gasteiger partial charge in [-0.1, -0.05) is 34.8 Å². The molecule has 1 aromatic heterocycles. The monoisotopic (exact) mass is 481 g/mol. The van der Waals surface area contributed by atoms with Crippen molar-refractivity contribution in [2.45, 2.75) is 37.8 Å². The zero-order valence-corrected chi connectivity index (χ0v) is 17.9. The van der Waals surface area contributed by atoms with E-state index in [2.05, 4.69) is 32.7 Å². The molecular formula is C19H23BrClF2NO2S. The van der Waals surface area contributed by atoms with Gasteiger partial charge in [0.15, 0.2) is 17.4 Å². The van der Waals surface area contributed by atoms with Crippen molar-refractivity contribution in [3.63, 3.8) is 0 Å². The second-order valence-corrected chi connectivity index (χ2v) is 8.50. The largest absolute Gasteiger partial charge is 0.485 e. The average molecular weight is 483 g/mol. The van der Waals surface area contributed by atoms with Crippen LogP contribution in [0.1, 0.15) is 36.6 Å². The van der Waals surface area contributed by atoms with E-state index < -0.39 is 23.5 Å². The van der Waals surface area contributed by atoms with Crippen molar-refractivity contribution in [2.24, 2.45) is 5.92 Å². The summed E-state index contributed by atoms with van der Waals surface area (Å²) in [6, 6.07) is 6.61. The molecule has 27 heavy (non-hydrogen) atoms. The number of thiophene rings is 1. The van der Waals surface area contributed by atoms with Crippen molar-refractivity contribution < 1.29 is 18.6 Å². The summed E-state index contributed by atoms with van der Waals surface area (Å²) < 4.78 is 33.0. The lowest BCUT2D eigenvalue weighted by atomic mass is 9.96.